The van der Waals surface area contributed by atoms with Crippen molar-refractivity contribution in [3.63, 3.8) is 0 Å². The Morgan fingerprint density at radius 1 is 1.39 bits per heavy atom. The zero-order valence-electron chi connectivity index (χ0n) is 11.0. The largest absolute Gasteiger partial charge is 0.370 e. The number of hydrogen-bond donors (Lipinski definition) is 1. The van der Waals surface area contributed by atoms with E-state index in [0.717, 1.165) is 25.0 Å². The first-order valence-corrected chi connectivity index (χ1v) is 6.81. The first-order valence-electron chi connectivity index (χ1n) is 6.81. The third kappa shape index (κ3) is 1.88. The molecular weight excluding hydrogens is 222 g/mol. The fourth-order valence-electron chi connectivity index (χ4n) is 3.41. The number of rotatable bonds is 2. The molecule has 0 aromatic heterocycles. The molecule has 2 unspecified atom stereocenters. The number of benzene rings is 1. The number of guanidine groups is 1. The summed E-state index contributed by atoms with van der Waals surface area (Å²) in [4.78, 5) is 6.84. The second-order valence-electron chi connectivity index (χ2n) is 5.82. The molecule has 3 heteroatoms. The molecule has 1 spiro atoms. The third-order valence-corrected chi connectivity index (χ3v) is 4.40. The van der Waals surface area contributed by atoms with Gasteiger partial charge >= 0.3 is 0 Å². The Morgan fingerprint density at radius 2 is 2.17 bits per heavy atom. The van der Waals surface area contributed by atoms with Gasteiger partial charge < -0.3 is 10.6 Å². The van der Waals surface area contributed by atoms with Crippen molar-refractivity contribution in [2.75, 3.05) is 6.54 Å². The maximum absolute atomic E-state index is 6.10. The van der Waals surface area contributed by atoms with Crippen molar-refractivity contribution in [1.82, 2.24) is 4.90 Å². The van der Waals surface area contributed by atoms with Gasteiger partial charge in [0.25, 0.3) is 0 Å². The van der Waals surface area contributed by atoms with Gasteiger partial charge in [-0.05, 0) is 30.7 Å². The molecule has 96 valence electrons. The number of hydrogen-bond acceptors (Lipinski definition) is 3. The molecule has 0 amide bonds. The lowest BCUT2D eigenvalue weighted by molar-refractivity contribution is 0.194. The van der Waals surface area contributed by atoms with Gasteiger partial charge in [-0.25, -0.2) is 0 Å². The molecule has 3 rings (SSSR count). The van der Waals surface area contributed by atoms with Crippen LogP contribution in [0.3, 0.4) is 0 Å². The fourth-order valence-corrected chi connectivity index (χ4v) is 3.41. The minimum Gasteiger partial charge on any atom is -0.370 e. The second kappa shape index (κ2) is 4.30. The molecular formula is C15H21N3. The minimum absolute atomic E-state index is 0.208. The van der Waals surface area contributed by atoms with E-state index in [0.29, 0.717) is 0 Å². The Kier molecular flexibility index (Phi) is 2.77. The second-order valence-corrected chi connectivity index (χ2v) is 5.82. The van der Waals surface area contributed by atoms with E-state index in [1.807, 2.05) is 0 Å². The molecule has 2 atom stereocenters. The highest BCUT2D eigenvalue weighted by atomic mass is 15.4. The highest BCUT2D eigenvalue weighted by Gasteiger charge is 2.46. The van der Waals surface area contributed by atoms with Gasteiger partial charge in [-0.1, -0.05) is 37.3 Å². The highest BCUT2D eigenvalue weighted by molar-refractivity contribution is 5.81. The molecule has 1 saturated carbocycles. The third-order valence-electron chi connectivity index (χ3n) is 4.40. The molecule has 1 heterocycles. The Bertz CT molecular complexity index is 454. The summed E-state index contributed by atoms with van der Waals surface area (Å²) < 4.78 is 0. The summed E-state index contributed by atoms with van der Waals surface area (Å²) in [6, 6.07) is 10.6. The molecule has 0 radical (unpaired) electrons. The van der Waals surface area contributed by atoms with Crippen molar-refractivity contribution in [3.05, 3.63) is 35.9 Å². The van der Waals surface area contributed by atoms with Gasteiger partial charge in [0.05, 0.1) is 12.1 Å². The van der Waals surface area contributed by atoms with Crippen molar-refractivity contribution in [1.29, 1.82) is 0 Å². The highest BCUT2D eigenvalue weighted by Crippen LogP contribution is 2.42. The number of aliphatic imine (C=N–C) groups is 1. The van der Waals surface area contributed by atoms with Crippen LogP contribution in [0.5, 0.6) is 0 Å². The van der Waals surface area contributed by atoms with E-state index in [2.05, 4.69) is 47.1 Å². The molecule has 0 saturated heterocycles. The van der Waals surface area contributed by atoms with Gasteiger partial charge in [0.2, 0.25) is 0 Å². The Hall–Kier alpha value is -1.51. The molecule has 1 aromatic rings. The Morgan fingerprint density at radius 3 is 2.83 bits per heavy atom. The zero-order chi connectivity index (χ0) is 12.6. The van der Waals surface area contributed by atoms with Crippen molar-refractivity contribution in [2.45, 2.75) is 38.3 Å². The summed E-state index contributed by atoms with van der Waals surface area (Å²) in [6.07, 6.45) is 3.75. The van der Waals surface area contributed by atoms with Crippen molar-refractivity contribution in [3.8, 4) is 0 Å². The average molecular weight is 243 g/mol. The quantitative estimate of drug-likeness (QED) is 0.866. The summed E-state index contributed by atoms with van der Waals surface area (Å²) in [6.45, 7) is 4.11. The molecule has 1 fully saturated rings. The first kappa shape index (κ1) is 11.6. The van der Waals surface area contributed by atoms with Crippen LogP contribution in [0, 0.1) is 5.92 Å². The van der Waals surface area contributed by atoms with E-state index in [1.165, 1.54) is 24.8 Å². The predicted molar refractivity (Wildman–Crippen MR) is 74.2 cm³/mol. The summed E-state index contributed by atoms with van der Waals surface area (Å²) >= 11 is 0. The topological polar surface area (TPSA) is 41.6 Å². The van der Waals surface area contributed by atoms with Crippen LogP contribution in [-0.4, -0.2) is 22.9 Å². The lowest BCUT2D eigenvalue weighted by atomic mass is 9.94. The smallest absolute Gasteiger partial charge is 0.192 e. The first-order chi connectivity index (χ1) is 8.70. The molecule has 1 aliphatic carbocycles. The summed E-state index contributed by atoms with van der Waals surface area (Å²) in [5, 5.41) is 0. The van der Waals surface area contributed by atoms with Crippen LogP contribution >= 0.6 is 0 Å². The van der Waals surface area contributed by atoms with Crippen LogP contribution in [0.25, 0.3) is 0 Å². The average Bonchev–Trinajstić information content (AvgIpc) is 2.89. The molecule has 1 aromatic carbocycles. The van der Waals surface area contributed by atoms with E-state index < -0.39 is 0 Å². The van der Waals surface area contributed by atoms with Gasteiger partial charge in [0.15, 0.2) is 5.96 Å². The van der Waals surface area contributed by atoms with Gasteiger partial charge in [-0.2, -0.15) is 0 Å². The summed E-state index contributed by atoms with van der Waals surface area (Å²) in [5.74, 6) is 1.53. The van der Waals surface area contributed by atoms with E-state index in [9.17, 15) is 0 Å². The number of nitrogens with two attached hydrogens (primary N) is 1. The fraction of sp³-hybridized carbons (Fsp3) is 0.533. The Labute approximate surface area is 109 Å². The Balaban J connectivity index is 1.82. The van der Waals surface area contributed by atoms with Crippen molar-refractivity contribution in [2.24, 2.45) is 16.6 Å². The monoisotopic (exact) mass is 243 g/mol. The minimum atomic E-state index is 0.208. The molecule has 18 heavy (non-hydrogen) atoms. The lowest BCUT2D eigenvalue weighted by Crippen LogP contribution is -2.49. The van der Waals surface area contributed by atoms with Crippen LogP contribution in [0.1, 0.15) is 31.7 Å². The molecule has 1 aliphatic heterocycles. The maximum atomic E-state index is 6.10. The van der Waals surface area contributed by atoms with E-state index in [-0.39, 0.29) is 5.54 Å². The van der Waals surface area contributed by atoms with Gasteiger partial charge in [0, 0.05) is 6.54 Å². The molecule has 2 aliphatic rings. The van der Waals surface area contributed by atoms with Crippen LogP contribution in [0.4, 0.5) is 0 Å². The van der Waals surface area contributed by atoms with Gasteiger partial charge in [-0.15, -0.1) is 0 Å². The standard InChI is InChI=1S/C15H21N3/c1-12-7-8-15(9-12)11-17-14(16)18(15)10-13-5-3-2-4-6-13/h2-6,12H,7-11H2,1H3,(H2,16,17). The normalized spacial score (nSPS) is 31.1. The number of nitrogens with zero attached hydrogens (tertiary/aromatic N) is 2. The van der Waals surface area contributed by atoms with Crippen molar-refractivity contribution >= 4 is 5.96 Å². The summed E-state index contributed by atoms with van der Waals surface area (Å²) in [7, 11) is 0. The molecule has 2 N–H and O–H groups in total. The summed E-state index contributed by atoms with van der Waals surface area (Å²) in [5.41, 5.74) is 7.63. The lowest BCUT2D eigenvalue weighted by Gasteiger charge is -2.36. The van der Waals surface area contributed by atoms with Crippen LogP contribution in [0.2, 0.25) is 0 Å². The van der Waals surface area contributed by atoms with Gasteiger partial charge in [0.1, 0.15) is 0 Å². The zero-order valence-corrected chi connectivity index (χ0v) is 11.0. The van der Waals surface area contributed by atoms with Crippen LogP contribution in [-0.2, 0) is 6.54 Å². The van der Waals surface area contributed by atoms with E-state index >= 15 is 0 Å². The van der Waals surface area contributed by atoms with Crippen LogP contribution in [0.15, 0.2) is 35.3 Å². The SMILES string of the molecule is CC1CCC2(CN=C(N)N2Cc2ccccc2)C1. The van der Waals surface area contributed by atoms with Crippen molar-refractivity contribution < 1.29 is 0 Å². The molecule has 3 nitrogen and oxygen atoms in total. The van der Waals surface area contributed by atoms with E-state index in [4.69, 9.17) is 5.73 Å². The van der Waals surface area contributed by atoms with Crippen LogP contribution < -0.4 is 5.73 Å². The van der Waals surface area contributed by atoms with E-state index in [1.54, 1.807) is 0 Å². The van der Waals surface area contributed by atoms with Gasteiger partial charge in [-0.3, -0.25) is 4.99 Å². The maximum Gasteiger partial charge on any atom is 0.192 e. The molecule has 0 bridgehead atoms. The predicted octanol–water partition coefficient (Wildman–Crippen LogP) is 2.38.